The molecule has 0 bridgehead atoms. The van der Waals surface area contributed by atoms with E-state index in [9.17, 15) is 0 Å². The third kappa shape index (κ3) is 3.71. The van der Waals surface area contributed by atoms with Crippen LogP contribution in [0.4, 0.5) is 0 Å². The minimum absolute atomic E-state index is 0. The second kappa shape index (κ2) is 4.81. The van der Waals surface area contributed by atoms with Crippen LogP contribution in [0, 0.1) is 5.92 Å². The number of rotatable bonds is 2. The molecular weight excluding hydrogens is 307 g/mol. The quantitative estimate of drug-likeness (QED) is 0.683. The van der Waals surface area contributed by atoms with Gasteiger partial charge in [-0.2, -0.15) is 0 Å². The van der Waals surface area contributed by atoms with Gasteiger partial charge >= 0.3 is 96.6 Å². The van der Waals surface area contributed by atoms with E-state index in [1.54, 1.807) is 3.88 Å². The smallest absolute Gasteiger partial charge is 0.147 e. The Balaban J connectivity index is 0. The minimum atomic E-state index is -3.30. The minimum Gasteiger partial charge on any atom is -0.147 e. The second-order valence-corrected chi connectivity index (χ2v) is 26.3. The number of hydrogen-bond donors (Lipinski definition) is 0. The van der Waals surface area contributed by atoms with Crippen LogP contribution < -0.4 is 0 Å². The van der Waals surface area contributed by atoms with Gasteiger partial charge in [-0.05, 0) is 0 Å². The topological polar surface area (TPSA) is 9.23 Å². The first-order valence-corrected chi connectivity index (χ1v) is 14.3. The van der Waals surface area contributed by atoms with Gasteiger partial charge in [-0.1, -0.05) is 0 Å². The molecule has 0 heterocycles. The summed E-state index contributed by atoms with van der Waals surface area (Å²) in [5.41, 5.74) is 2.93. The third-order valence-electron chi connectivity index (χ3n) is 4.06. The molecule has 1 aliphatic rings. The van der Waals surface area contributed by atoms with Crippen LogP contribution in [0.5, 0.6) is 0 Å². The zero-order valence-corrected chi connectivity index (χ0v) is 17.6. The van der Waals surface area contributed by atoms with E-state index in [0.717, 1.165) is 10.5 Å². The molecule has 0 saturated heterocycles. The van der Waals surface area contributed by atoms with Crippen LogP contribution >= 0.6 is 24.8 Å². The van der Waals surface area contributed by atoms with Gasteiger partial charge in [0.05, 0.1) is 0 Å². The van der Waals surface area contributed by atoms with Crippen molar-refractivity contribution < 1.29 is 17.4 Å². The van der Waals surface area contributed by atoms with E-state index in [2.05, 4.69) is 47.8 Å². The molecule has 5 heteroatoms. The Bertz CT molecular complexity index is 378. The van der Waals surface area contributed by atoms with Crippen molar-refractivity contribution in [3.63, 3.8) is 0 Å². The standard InChI is InChI=1S/C8H11.4CH3.2ClH.H3OSi.Ti/c1-6-4-7(2)8(3)5-6;;;;;;;1-2;/h4,6H,1-3H3;4*1H3;2*1H;2H3;/q;;;;;;;-1;+1. The maximum absolute atomic E-state index is 6.22. The maximum atomic E-state index is 6.22. The molecule has 0 amide bonds. The van der Waals surface area contributed by atoms with Crippen molar-refractivity contribution in [2.75, 3.05) is 0 Å². The van der Waals surface area contributed by atoms with E-state index in [1.165, 1.54) is 11.1 Å². The van der Waals surface area contributed by atoms with Gasteiger partial charge in [0.25, 0.3) is 0 Å². The maximum Gasteiger partial charge on any atom is -0.147 e. The van der Waals surface area contributed by atoms with Gasteiger partial charge in [-0.3, -0.25) is 0 Å². The van der Waals surface area contributed by atoms with E-state index < -0.39 is 14.4 Å². The zero-order chi connectivity index (χ0) is 12.1. The van der Waals surface area contributed by atoms with Gasteiger partial charge in [0.15, 0.2) is 0 Å². The van der Waals surface area contributed by atoms with Gasteiger partial charge in [-0.15, -0.1) is 24.8 Å². The van der Waals surface area contributed by atoms with Crippen LogP contribution in [0.25, 0.3) is 0 Å². The van der Waals surface area contributed by atoms with E-state index in [-0.39, 0.29) is 24.8 Å². The predicted molar refractivity (Wildman–Crippen MR) is 84.6 cm³/mol. The molecule has 0 N–H and O–H groups in total. The molecule has 1 unspecified atom stereocenters. The molecule has 0 saturated carbocycles. The fourth-order valence-corrected chi connectivity index (χ4v) is 10.5. The molecule has 17 heavy (non-hydrogen) atoms. The van der Waals surface area contributed by atoms with Crippen LogP contribution in [0.2, 0.25) is 20.9 Å². The van der Waals surface area contributed by atoms with E-state index in [1.807, 2.05) is 0 Å². The molecule has 0 spiro atoms. The van der Waals surface area contributed by atoms with Crippen LogP contribution in [-0.2, 0) is 17.4 Å². The predicted octanol–water partition coefficient (Wildman–Crippen LogP) is 4.33. The molecule has 0 aromatic rings. The monoisotopic (exact) mass is 334 g/mol. The Hall–Kier alpha value is 0.951. The largest absolute Gasteiger partial charge is 0.147 e. The average molecular weight is 335 g/mol. The summed E-state index contributed by atoms with van der Waals surface area (Å²) in [7, 11) is 0.833. The Kier molecular flexibility index (Phi) is 5.73. The van der Waals surface area contributed by atoms with Gasteiger partial charge in [0, 0.05) is 0 Å². The van der Waals surface area contributed by atoms with Crippen molar-refractivity contribution in [3.05, 3.63) is 21.1 Å². The Morgan fingerprint density at radius 2 is 1.53 bits per heavy atom. The molecular formula is C12H28Cl2OSiTi. The first-order chi connectivity index (χ1) is 6.41. The summed E-state index contributed by atoms with van der Waals surface area (Å²) >= 11 is -3.30. The summed E-state index contributed by atoms with van der Waals surface area (Å²) < 4.78 is 7.83. The SMILES string of the molecule is CC1=CC(C)[C]([Ti]([CH3])([CH3])([CH3])([CH3])[O][SiH3])=C1C.Cl.Cl. The van der Waals surface area contributed by atoms with E-state index >= 15 is 0 Å². The molecule has 0 aliphatic heterocycles. The third-order valence-corrected chi connectivity index (χ3v) is 19.5. The summed E-state index contributed by atoms with van der Waals surface area (Å²) in [6.45, 7) is 6.78. The van der Waals surface area contributed by atoms with Crippen molar-refractivity contribution in [2.24, 2.45) is 5.92 Å². The van der Waals surface area contributed by atoms with Crippen molar-refractivity contribution in [3.8, 4) is 0 Å². The molecule has 1 rings (SSSR count). The van der Waals surface area contributed by atoms with E-state index in [4.69, 9.17) is 3.01 Å². The zero-order valence-electron chi connectivity index (χ0n) is 12.4. The summed E-state index contributed by atoms with van der Waals surface area (Å²) in [4.78, 5) is 0. The van der Waals surface area contributed by atoms with Crippen LogP contribution in [0.1, 0.15) is 20.8 Å². The summed E-state index contributed by atoms with van der Waals surface area (Å²) in [5, 5.41) is 9.59. The summed E-state index contributed by atoms with van der Waals surface area (Å²) in [5.74, 6) is 0.564. The second-order valence-electron chi connectivity index (χ2n) is 7.80. The fraction of sp³-hybridized carbons (Fsp3) is 0.667. The average Bonchev–Trinajstić information content (AvgIpc) is 2.26. The van der Waals surface area contributed by atoms with Crippen molar-refractivity contribution in [1.82, 2.24) is 0 Å². The number of allylic oxidation sites excluding steroid dienone is 4. The first-order valence-electron chi connectivity index (χ1n) is 5.85. The molecule has 1 atom stereocenters. The van der Waals surface area contributed by atoms with Crippen molar-refractivity contribution >= 4 is 35.3 Å². The molecule has 0 aromatic carbocycles. The molecule has 0 fully saturated rings. The number of halogens is 2. The Labute approximate surface area is 121 Å². The van der Waals surface area contributed by atoms with Gasteiger partial charge in [0.1, 0.15) is 0 Å². The molecule has 0 aromatic heterocycles. The number of hydrogen-bond acceptors (Lipinski definition) is 1. The van der Waals surface area contributed by atoms with Crippen molar-refractivity contribution in [2.45, 2.75) is 41.7 Å². The van der Waals surface area contributed by atoms with E-state index in [0.29, 0.717) is 5.92 Å². The Morgan fingerprint density at radius 1 is 1.12 bits per heavy atom. The molecule has 1 nitrogen and oxygen atoms in total. The first kappa shape index (κ1) is 20.3. The summed E-state index contributed by atoms with van der Waals surface area (Å²) in [6.07, 6.45) is 2.38. The van der Waals surface area contributed by atoms with Gasteiger partial charge in [-0.25, -0.2) is 0 Å². The van der Waals surface area contributed by atoms with Crippen LogP contribution in [-0.4, -0.2) is 10.5 Å². The van der Waals surface area contributed by atoms with Gasteiger partial charge < -0.3 is 0 Å². The fourth-order valence-electron chi connectivity index (χ4n) is 3.08. The van der Waals surface area contributed by atoms with Crippen LogP contribution in [0.3, 0.4) is 0 Å². The molecule has 0 radical (unpaired) electrons. The molecule has 1 aliphatic carbocycles. The normalized spacial score (nSPS) is 24.4. The summed E-state index contributed by atoms with van der Waals surface area (Å²) in [6, 6.07) is 0. The van der Waals surface area contributed by atoms with Crippen LogP contribution in [0.15, 0.2) is 21.1 Å². The molecule has 104 valence electrons. The van der Waals surface area contributed by atoms with Crippen molar-refractivity contribution in [1.29, 1.82) is 0 Å². The van der Waals surface area contributed by atoms with Gasteiger partial charge in [0.2, 0.25) is 0 Å². The Morgan fingerprint density at radius 3 is 1.76 bits per heavy atom.